The highest BCUT2D eigenvalue weighted by Crippen LogP contribution is 2.11. The van der Waals surface area contributed by atoms with Crippen molar-refractivity contribution in [3.8, 4) is 0 Å². The van der Waals surface area contributed by atoms with Crippen molar-refractivity contribution >= 4 is 12.0 Å². The molecule has 0 aromatic heterocycles. The maximum Gasteiger partial charge on any atom is 0.326 e. The minimum Gasteiger partial charge on any atom is -0.480 e. The molecular weight excluding hydrogens is 224 g/mol. The third-order valence-corrected chi connectivity index (χ3v) is 2.99. The van der Waals surface area contributed by atoms with E-state index >= 15 is 0 Å². The third-order valence-electron chi connectivity index (χ3n) is 2.99. The summed E-state index contributed by atoms with van der Waals surface area (Å²) in [4.78, 5) is 24.3. The van der Waals surface area contributed by atoms with E-state index in [1.807, 2.05) is 0 Å². The summed E-state index contributed by atoms with van der Waals surface area (Å²) >= 11 is 0. The first-order chi connectivity index (χ1) is 7.93. The van der Waals surface area contributed by atoms with Crippen LogP contribution in [0.3, 0.4) is 0 Å². The molecule has 1 fully saturated rings. The van der Waals surface area contributed by atoms with Crippen LogP contribution in [0.2, 0.25) is 0 Å². The van der Waals surface area contributed by atoms with Crippen molar-refractivity contribution in [3.05, 3.63) is 0 Å². The number of amides is 2. The number of hydrogen-bond donors (Lipinski definition) is 2. The van der Waals surface area contributed by atoms with Crippen LogP contribution in [0.5, 0.6) is 0 Å². The van der Waals surface area contributed by atoms with Gasteiger partial charge in [0.25, 0.3) is 0 Å². The van der Waals surface area contributed by atoms with Crippen molar-refractivity contribution in [1.29, 1.82) is 0 Å². The number of urea groups is 1. The zero-order valence-corrected chi connectivity index (χ0v) is 10.5. The summed E-state index contributed by atoms with van der Waals surface area (Å²) in [6.07, 6.45) is 0.795. The van der Waals surface area contributed by atoms with Gasteiger partial charge >= 0.3 is 12.0 Å². The van der Waals surface area contributed by atoms with Crippen molar-refractivity contribution < 1.29 is 19.4 Å². The summed E-state index contributed by atoms with van der Waals surface area (Å²) in [5.41, 5.74) is 0. The zero-order chi connectivity index (χ0) is 13.0. The van der Waals surface area contributed by atoms with Crippen LogP contribution in [0.25, 0.3) is 0 Å². The van der Waals surface area contributed by atoms with Crippen molar-refractivity contribution in [2.75, 3.05) is 20.3 Å². The summed E-state index contributed by atoms with van der Waals surface area (Å²) in [7, 11) is 1.66. The number of nitrogens with one attached hydrogen (secondary N) is 1. The van der Waals surface area contributed by atoms with Crippen molar-refractivity contribution in [3.63, 3.8) is 0 Å². The van der Waals surface area contributed by atoms with E-state index in [-0.39, 0.29) is 18.0 Å². The van der Waals surface area contributed by atoms with E-state index in [1.165, 1.54) is 4.90 Å². The van der Waals surface area contributed by atoms with Crippen LogP contribution in [-0.4, -0.2) is 54.4 Å². The van der Waals surface area contributed by atoms with Gasteiger partial charge in [-0.05, 0) is 12.3 Å². The molecule has 1 aliphatic rings. The Bertz CT molecular complexity index is 287. The number of nitrogens with zero attached hydrogens (tertiary/aromatic N) is 1. The molecule has 0 bridgehead atoms. The first-order valence-corrected chi connectivity index (χ1v) is 5.77. The van der Waals surface area contributed by atoms with E-state index in [2.05, 4.69) is 5.32 Å². The lowest BCUT2D eigenvalue weighted by Crippen LogP contribution is -2.51. The fourth-order valence-electron chi connectivity index (χ4n) is 1.74. The van der Waals surface area contributed by atoms with E-state index in [0.29, 0.717) is 13.2 Å². The highest BCUT2D eigenvalue weighted by Gasteiger charge is 2.28. The van der Waals surface area contributed by atoms with Gasteiger partial charge in [0.2, 0.25) is 0 Å². The van der Waals surface area contributed by atoms with Gasteiger partial charge in [-0.1, -0.05) is 13.8 Å². The van der Waals surface area contributed by atoms with Gasteiger partial charge in [0.05, 0.1) is 12.6 Å². The number of carboxylic acids is 1. The van der Waals surface area contributed by atoms with E-state index in [9.17, 15) is 9.59 Å². The highest BCUT2D eigenvalue weighted by atomic mass is 16.5. The smallest absolute Gasteiger partial charge is 0.326 e. The van der Waals surface area contributed by atoms with Gasteiger partial charge in [-0.2, -0.15) is 0 Å². The van der Waals surface area contributed by atoms with E-state index in [4.69, 9.17) is 9.84 Å². The SMILES string of the molecule is CC(C)[C@@H](NC(=O)N(C)C1CCOC1)C(=O)O. The minimum atomic E-state index is -1.01. The van der Waals surface area contributed by atoms with Crippen LogP contribution in [0.4, 0.5) is 4.79 Å². The predicted molar refractivity (Wildman–Crippen MR) is 61.8 cm³/mol. The second kappa shape index (κ2) is 5.86. The molecule has 6 heteroatoms. The monoisotopic (exact) mass is 244 g/mol. The number of carboxylic acid groups (broad SMARTS) is 1. The minimum absolute atomic E-state index is 0.0385. The Morgan fingerprint density at radius 2 is 2.12 bits per heavy atom. The first-order valence-electron chi connectivity index (χ1n) is 5.77. The maximum atomic E-state index is 11.8. The van der Waals surface area contributed by atoms with E-state index < -0.39 is 12.0 Å². The van der Waals surface area contributed by atoms with Gasteiger partial charge < -0.3 is 20.1 Å². The van der Waals surface area contributed by atoms with Gasteiger partial charge in [0, 0.05) is 13.7 Å². The quantitative estimate of drug-likeness (QED) is 0.756. The number of likely N-dealkylation sites (N-methyl/N-ethyl adjacent to an activating group) is 1. The second-order valence-electron chi connectivity index (χ2n) is 4.64. The lowest BCUT2D eigenvalue weighted by atomic mass is 10.1. The molecule has 1 rings (SSSR count). The molecule has 0 saturated carbocycles. The molecule has 2 atom stereocenters. The van der Waals surface area contributed by atoms with Crippen LogP contribution in [0, 0.1) is 5.92 Å². The molecule has 6 nitrogen and oxygen atoms in total. The van der Waals surface area contributed by atoms with Crippen LogP contribution in [-0.2, 0) is 9.53 Å². The topological polar surface area (TPSA) is 78.9 Å². The number of carbonyl (C=O) groups excluding carboxylic acids is 1. The van der Waals surface area contributed by atoms with Crippen molar-refractivity contribution in [1.82, 2.24) is 10.2 Å². The van der Waals surface area contributed by atoms with Crippen LogP contribution in [0.1, 0.15) is 20.3 Å². The molecule has 1 unspecified atom stereocenters. The Balaban J connectivity index is 2.54. The summed E-state index contributed by atoms with van der Waals surface area (Å²) < 4.78 is 5.19. The standard InChI is InChI=1S/C11H20N2O4/c1-7(2)9(10(14)15)12-11(16)13(3)8-4-5-17-6-8/h7-9H,4-6H2,1-3H3,(H,12,16)(H,14,15)/t8?,9-/m1/s1. The molecule has 0 aromatic rings. The summed E-state index contributed by atoms with van der Waals surface area (Å²) in [6, 6.07) is -1.18. The highest BCUT2D eigenvalue weighted by molar-refractivity contribution is 5.82. The molecular formula is C11H20N2O4. The number of aliphatic carboxylic acids is 1. The Kier molecular flexibility index (Phi) is 4.74. The molecule has 1 aliphatic heterocycles. The van der Waals surface area contributed by atoms with Gasteiger partial charge in [0.1, 0.15) is 6.04 Å². The maximum absolute atomic E-state index is 11.8. The molecule has 0 spiro atoms. The normalized spacial score (nSPS) is 21.3. The fraction of sp³-hybridized carbons (Fsp3) is 0.818. The Morgan fingerprint density at radius 3 is 2.53 bits per heavy atom. The average Bonchev–Trinajstić information content (AvgIpc) is 2.76. The lowest BCUT2D eigenvalue weighted by Gasteiger charge is -2.26. The van der Waals surface area contributed by atoms with Gasteiger partial charge in [-0.15, -0.1) is 0 Å². The Morgan fingerprint density at radius 1 is 1.47 bits per heavy atom. The number of ether oxygens (including phenoxy) is 1. The molecule has 2 amide bonds. The summed E-state index contributed by atoms with van der Waals surface area (Å²) in [6.45, 7) is 4.69. The van der Waals surface area contributed by atoms with Crippen molar-refractivity contribution in [2.45, 2.75) is 32.4 Å². The van der Waals surface area contributed by atoms with Gasteiger partial charge in [0.15, 0.2) is 0 Å². The largest absolute Gasteiger partial charge is 0.480 e. The number of hydrogen-bond acceptors (Lipinski definition) is 3. The van der Waals surface area contributed by atoms with E-state index in [1.54, 1.807) is 20.9 Å². The number of rotatable bonds is 4. The van der Waals surface area contributed by atoms with Crippen LogP contribution in [0.15, 0.2) is 0 Å². The zero-order valence-electron chi connectivity index (χ0n) is 10.5. The lowest BCUT2D eigenvalue weighted by molar-refractivity contribution is -0.140. The average molecular weight is 244 g/mol. The predicted octanol–water partition coefficient (Wildman–Crippen LogP) is 0.526. The molecule has 0 aromatic carbocycles. The van der Waals surface area contributed by atoms with Gasteiger partial charge in [-0.3, -0.25) is 0 Å². The second-order valence-corrected chi connectivity index (χ2v) is 4.64. The number of carbonyl (C=O) groups is 2. The fourth-order valence-corrected chi connectivity index (χ4v) is 1.74. The Hall–Kier alpha value is -1.30. The van der Waals surface area contributed by atoms with Crippen LogP contribution >= 0.6 is 0 Å². The molecule has 0 aliphatic carbocycles. The summed E-state index contributed by atoms with van der Waals surface area (Å²) in [5.74, 6) is -1.16. The first kappa shape index (κ1) is 13.8. The molecule has 1 heterocycles. The summed E-state index contributed by atoms with van der Waals surface area (Å²) in [5, 5.41) is 11.5. The molecule has 17 heavy (non-hydrogen) atoms. The van der Waals surface area contributed by atoms with Crippen molar-refractivity contribution in [2.24, 2.45) is 5.92 Å². The molecule has 0 radical (unpaired) electrons. The van der Waals surface area contributed by atoms with Gasteiger partial charge in [-0.25, -0.2) is 9.59 Å². The van der Waals surface area contributed by atoms with E-state index in [0.717, 1.165) is 6.42 Å². The third kappa shape index (κ3) is 3.59. The molecule has 98 valence electrons. The molecule has 2 N–H and O–H groups in total. The van der Waals surface area contributed by atoms with Crippen LogP contribution < -0.4 is 5.32 Å². The Labute approximate surface area is 101 Å². The molecule has 1 saturated heterocycles.